The van der Waals surface area contributed by atoms with Crippen molar-refractivity contribution in [3.63, 3.8) is 0 Å². The van der Waals surface area contributed by atoms with Gasteiger partial charge in [0.25, 0.3) is 0 Å². The molecule has 0 aliphatic heterocycles. The van der Waals surface area contributed by atoms with Gasteiger partial charge in [0.1, 0.15) is 5.84 Å². The Labute approximate surface area is 200 Å². The zero-order valence-corrected chi connectivity index (χ0v) is 21.7. The maximum atomic E-state index is 4.82. The van der Waals surface area contributed by atoms with E-state index in [2.05, 4.69) is 96.8 Å². The van der Waals surface area contributed by atoms with Gasteiger partial charge in [-0.05, 0) is 35.1 Å². The minimum atomic E-state index is 0.415. The van der Waals surface area contributed by atoms with Crippen LogP contribution in [0.5, 0.6) is 0 Å². The standard InChI is InChI=1S/C24H27N3.2BrH.Ni/c1-17(2)20-13-10-14-21(18(3)4)23(20)27-24(19-11-6-5-7-12-19)26-22-15-8-9-16-25-22;;;/h5-18H,1-4H3,(H,25,26,27);2*1H;/q;;;+2/p-2. The van der Waals surface area contributed by atoms with E-state index in [-0.39, 0.29) is 0 Å². The van der Waals surface area contributed by atoms with Crippen molar-refractivity contribution in [1.82, 2.24) is 4.98 Å². The van der Waals surface area contributed by atoms with Crippen molar-refractivity contribution in [1.29, 1.82) is 0 Å². The molecule has 0 amide bonds. The van der Waals surface area contributed by atoms with Gasteiger partial charge in [0.15, 0.2) is 5.82 Å². The number of aliphatic imine (C=N–C) groups is 1. The second-order valence-electron chi connectivity index (χ2n) is 7.31. The molecule has 0 aliphatic rings. The molecule has 0 radical (unpaired) electrons. The number of aromatic nitrogens is 1. The average Bonchev–Trinajstić information content (AvgIpc) is 2.75. The predicted octanol–water partition coefficient (Wildman–Crippen LogP) is 8.21. The fourth-order valence-electron chi connectivity index (χ4n) is 3.11. The first-order valence-corrected chi connectivity index (χ1v) is 14.6. The van der Waals surface area contributed by atoms with Crippen LogP contribution in [0.2, 0.25) is 0 Å². The molecule has 0 bridgehead atoms. The number of pyridine rings is 1. The molecular weight excluding hydrogens is 549 g/mol. The summed E-state index contributed by atoms with van der Waals surface area (Å²) in [6, 6.07) is 22.5. The van der Waals surface area contributed by atoms with Crippen molar-refractivity contribution in [2.24, 2.45) is 4.99 Å². The summed E-state index contributed by atoms with van der Waals surface area (Å²) in [7, 11) is 1.25. The van der Waals surface area contributed by atoms with Gasteiger partial charge >= 0.3 is 39.3 Å². The first-order chi connectivity index (χ1) is 14.5. The molecule has 0 spiro atoms. The van der Waals surface area contributed by atoms with Crippen LogP contribution in [0, 0.1) is 0 Å². The number of hydrogen-bond acceptors (Lipinski definition) is 2. The van der Waals surface area contributed by atoms with Crippen molar-refractivity contribution in [3.05, 3.63) is 89.6 Å². The van der Waals surface area contributed by atoms with Gasteiger partial charge in [0.05, 0.1) is 0 Å². The van der Waals surface area contributed by atoms with Gasteiger partial charge in [-0.3, -0.25) is 0 Å². The Morgan fingerprint density at radius 2 is 1.40 bits per heavy atom. The number of benzene rings is 2. The summed E-state index contributed by atoms with van der Waals surface area (Å²) in [6.07, 6.45) is 1.77. The van der Waals surface area contributed by atoms with Crippen LogP contribution in [0.4, 0.5) is 11.5 Å². The molecule has 3 nitrogen and oxygen atoms in total. The van der Waals surface area contributed by atoms with Crippen LogP contribution in [-0.4, -0.2) is 10.8 Å². The van der Waals surface area contributed by atoms with E-state index in [1.54, 1.807) is 6.20 Å². The van der Waals surface area contributed by atoms with E-state index in [4.69, 9.17) is 4.99 Å². The monoisotopic (exact) mass is 573 g/mol. The van der Waals surface area contributed by atoms with Gasteiger partial charge in [-0.2, -0.15) is 0 Å². The predicted molar refractivity (Wildman–Crippen MR) is 133 cm³/mol. The number of halogens is 2. The molecule has 0 unspecified atom stereocenters. The Balaban J connectivity index is 0.00000101. The summed E-state index contributed by atoms with van der Waals surface area (Å²) >= 11 is 6.00. The molecule has 3 aromatic rings. The number of para-hydroxylation sites is 1. The number of amidine groups is 1. The van der Waals surface area contributed by atoms with Crippen LogP contribution in [0.3, 0.4) is 0 Å². The quantitative estimate of drug-likeness (QED) is 0.189. The summed E-state index contributed by atoms with van der Waals surface area (Å²) < 4.78 is 0. The molecule has 0 saturated carbocycles. The van der Waals surface area contributed by atoms with E-state index in [1.807, 2.05) is 36.4 Å². The van der Waals surface area contributed by atoms with Gasteiger partial charge in [-0.25, -0.2) is 9.98 Å². The molecule has 0 aliphatic carbocycles. The van der Waals surface area contributed by atoms with Crippen LogP contribution in [0.1, 0.15) is 56.2 Å². The molecule has 1 heterocycles. The average molecular weight is 576 g/mol. The molecule has 1 N–H and O–H groups in total. The first kappa shape index (κ1) is 24.8. The van der Waals surface area contributed by atoms with E-state index in [0.717, 1.165) is 17.1 Å². The van der Waals surface area contributed by atoms with Crippen molar-refractivity contribution in [3.8, 4) is 0 Å². The van der Waals surface area contributed by atoms with Crippen LogP contribution >= 0.6 is 28.5 Å². The first-order valence-electron chi connectivity index (χ1n) is 9.75. The molecule has 0 fully saturated rings. The van der Waals surface area contributed by atoms with Gasteiger partial charge in [-0.1, -0.05) is 82.3 Å². The summed E-state index contributed by atoms with van der Waals surface area (Å²) in [5.74, 6) is 2.33. The van der Waals surface area contributed by atoms with Crippen molar-refractivity contribution >= 4 is 45.8 Å². The second-order valence-corrected chi connectivity index (χ2v) is 12.3. The van der Waals surface area contributed by atoms with Crippen LogP contribution in [0.15, 0.2) is 77.9 Å². The normalized spacial score (nSPS) is 11.4. The third kappa shape index (κ3) is 7.33. The number of hydrogen-bond donors (Lipinski definition) is 1. The summed E-state index contributed by atoms with van der Waals surface area (Å²) in [5.41, 5.74) is 4.79. The van der Waals surface area contributed by atoms with E-state index in [9.17, 15) is 0 Å². The summed E-state index contributed by atoms with van der Waals surface area (Å²) in [5, 5.41) is 3.65. The van der Waals surface area contributed by atoms with Crippen LogP contribution < -0.4 is 5.32 Å². The Morgan fingerprint density at radius 3 is 1.90 bits per heavy atom. The zero-order chi connectivity index (χ0) is 21.9. The Bertz CT molecular complexity index is 903. The number of anilines is 1. The molecule has 30 heavy (non-hydrogen) atoms. The van der Waals surface area contributed by atoms with Crippen molar-refractivity contribution in [2.75, 3.05) is 5.32 Å². The fourth-order valence-corrected chi connectivity index (χ4v) is 3.11. The molecule has 0 atom stereocenters. The zero-order valence-electron chi connectivity index (χ0n) is 17.5. The third-order valence-electron chi connectivity index (χ3n) is 4.54. The van der Waals surface area contributed by atoms with E-state index >= 15 is 0 Å². The topological polar surface area (TPSA) is 37.3 Å². The van der Waals surface area contributed by atoms with Gasteiger partial charge in [0.2, 0.25) is 0 Å². The number of rotatable bonds is 5. The number of nitrogens with zero attached hydrogens (tertiary/aromatic N) is 2. The third-order valence-corrected chi connectivity index (χ3v) is 4.54. The SMILES string of the molecule is CC(C)c1cccc(C(C)C)c1N/C(=N\c1ccccn1)c1ccccc1.[Br][Ni][Br]. The number of nitrogens with one attached hydrogen (secondary N) is 1. The molecule has 3 rings (SSSR count). The van der Waals surface area contributed by atoms with Crippen molar-refractivity contribution in [2.45, 2.75) is 39.5 Å². The Hall–Kier alpha value is -1.49. The molecule has 2 aromatic carbocycles. The van der Waals surface area contributed by atoms with Crippen LogP contribution in [-0.2, 0) is 10.9 Å². The van der Waals surface area contributed by atoms with Gasteiger partial charge < -0.3 is 5.32 Å². The Morgan fingerprint density at radius 1 is 0.833 bits per heavy atom. The van der Waals surface area contributed by atoms with E-state index in [1.165, 1.54) is 22.0 Å². The maximum absolute atomic E-state index is 4.82. The summed E-state index contributed by atoms with van der Waals surface area (Å²) in [4.78, 5) is 9.19. The fraction of sp³-hybridized carbons (Fsp3) is 0.250. The molecule has 0 saturated heterocycles. The molecular formula is C24H27Br2N3Ni. The van der Waals surface area contributed by atoms with Crippen molar-refractivity contribution < 1.29 is 10.9 Å². The summed E-state index contributed by atoms with van der Waals surface area (Å²) in [6.45, 7) is 8.90. The Kier molecular flexibility index (Phi) is 10.8. The van der Waals surface area contributed by atoms with Gasteiger partial charge in [0, 0.05) is 17.4 Å². The van der Waals surface area contributed by atoms with Crippen LogP contribution in [0.25, 0.3) is 0 Å². The van der Waals surface area contributed by atoms with E-state index in [0.29, 0.717) is 17.7 Å². The molecule has 162 valence electrons. The molecule has 1 aromatic heterocycles. The van der Waals surface area contributed by atoms with Gasteiger partial charge in [-0.15, -0.1) is 0 Å². The molecule has 6 heteroatoms. The second kappa shape index (κ2) is 13.0. The minimum absolute atomic E-state index is 0.415. The van der Waals surface area contributed by atoms with E-state index < -0.39 is 0 Å².